The van der Waals surface area contributed by atoms with Crippen LogP contribution in [-0.4, -0.2) is 32.6 Å². The van der Waals surface area contributed by atoms with Crippen molar-refractivity contribution in [2.45, 2.75) is 31.8 Å². The second-order valence-corrected chi connectivity index (χ2v) is 7.62. The van der Waals surface area contributed by atoms with Gasteiger partial charge in [-0.05, 0) is 44.0 Å². The summed E-state index contributed by atoms with van der Waals surface area (Å²) in [5.41, 5.74) is 7.80. The van der Waals surface area contributed by atoms with E-state index < -0.39 is 23.6 Å². The molecule has 30 heavy (non-hydrogen) atoms. The minimum atomic E-state index is -0.632. The van der Waals surface area contributed by atoms with Crippen molar-refractivity contribution in [3.63, 3.8) is 0 Å². The van der Waals surface area contributed by atoms with E-state index in [2.05, 4.69) is 15.0 Å². The maximum atomic E-state index is 15.0. The standard InChI is InChI=1S/C21H19F2N5O2/c1-9(24)17-13(22)5-10-7-16(25-19(10)27-17)20-26-15-8-11(21(29)30-2)6-14(23)18(15)28(20)12-3-4-12/h5-9,12H,3-4,24H2,1-2H3,(H,25,27)/t9-/m1/s1. The number of esters is 1. The van der Waals surface area contributed by atoms with E-state index in [1.807, 2.05) is 4.57 Å². The summed E-state index contributed by atoms with van der Waals surface area (Å²) in [5.74, 6) is -1.15. The number of nitrogens with one attached hydrogen (secondary N) is 1. The number of hydrogen-bond acceptors (Lipinski definition) is 5. The van der Waals surface area contributed by atoms with Crippen molar-refractivity contribution in [1.29, 1.82) is 0 Å². The lowest BCUT2D eigenvalue weighted by atomic mass is 10.2. The third-order valence-electron chi connectivity index (χ3n) is 5.33. The number of rotatable bonds is 4. The highest BCUT2D eigenvalue weighted by molar-refractivity contribution is 5.95. The molecule has 9 heteroatoms. The van der Waals surface area contributed by atoms with Gasteiger partial charge in [-0.15, -0.1) is 0 Å². The molecule has 0 spiro atoms. The summed E-state index contributed by atoms with van der Waals surface area (Å²) in [7, 11) is 1.24. The zero-order chi connectivity index (χ0) is 21.2. The quantitative estimate of drug-likeness (QED) is 0.495. The number of nitrogens with zero attached hydrogens (tertiary/aromatic N) is 3. The van der Waals surface area contributed by atoms with Crippen LogP contribution >= 0.6 is 0 Å². The highest BCUT2D eigenvalue weighted by Crippen LogP contribution is 2.42. The van der Waals surface area contributed by atoms with Crippen LogP contribution in [0.3, 0.4) is 0 Å². The number of carbonyl (C=O) groups excluding carboxylic acids is 1. The second kappa shape index (κ2) is 6.60. The van der Waals surface area contributed by atoms with Crippen molar-refractivity contribution in [3.05, 3.63) is 47.2 Å². The fraction of sp³-hybridized carbons (Fsp3) is 0.286. The van der Waals surface area contributed by atoms with Crippen LogP contribution in [0.4, 0.5) is 8.78 Å². The van der Waals surface area contributed by atoms with Crippen molar-refractivity contribution in [2.24, 2.45) is 5.73 Å². The van der Waals surface area contributed by atoms with Gasteiger partial charge in [-0.1, -0.05) is 0 Å². The lowest BCUT2D eigenvalue weighted by molar-refractivity contribution is 0.0600. The summed E-state index contributed by atoms with van der Waals surface area (Å²) >= 11 is 0. The molecule has 4 aromatic rings. The van der Waals surface area contributed by atoms with Crippen molar-refractivity contribution in [3.8, 4) is 11.5 Å². The van der Waals surface area contributed by atoms with E-state index in [9.17, 15) is 13.6 Å². The molecular weight excluding hydrogens is 392 g/mol. The number of aromatic nitrogens is 4. The summed E-state index contributed by atoms with van der Waals surface area (Å²) in [6.45, 7) is 1.66. The molecule has 7 nitrogen and oxygen atoms in total. The molecule has 1 aliphatic rings. The number of ether oxygens (including phenoxy) is 1. The van der Waals surface area contributed by atoms with Crippen LogP contribution in [0.2, 0.25) is 0 Å². The van der Waals surface area contributed by atoms with E-state index in [0.717, 1.165) is 18.9 Å². The van der Waals surface area contributed by atoms with Gasteiger partial charge in [-0.25, -0.2) is 23.5 Å². The number of pyridine rings is 1. The first-order valence-corrected chi connectivity index (χ1v) is 9.62. The van der Waals surface area contributed by atoms with Gasteiger partial charge in [0.15, 0.2) is 5.82 Å². The molecule has 3 heterocycles. The van der Waals surface area contributed by atoms with Crippen molar-refractivity contribution in [2.75, 3.05) is 7.11 Å². The first-order valence-electron chi connectivity index (χ1n) is 9.62. The van der Waals surface area contributed by atoms with Gasteiger partial charge in [0.25, 0.3) is 0 Å². The Hall–Kier alpha value is -3.33. The molecule has 154 valence electrons. The molecule has 1 saturated carbocycles. The Morgan fingerprint density at radius 1 is 1.23 bits per heavy atom. The zero-order valence-electron chi connectivity index (χ0n) is 16.4. The monoisotopic (exact) mass is 411 g/mol. The molecule has 3 N–H and O–H groups in total. The van der Waals surface area contributed by atoms with Gasteiger partial charge in [-0.3, -0.25) is 0 Å². The van der Waals surface area contributed by atoms with Crippen molar-refractivity contribution < 1.29 is 18.3 Å². The molecule has 0 radical (unpaired) electrons. The van der Waals surface area contributed by atoms with Crippen LogP contribution < -0.4 is 5.73 Å². The number of benzene rings is 1. The van der Waals surface area contributed by atoms with E-state index in [1.165, 1.54) is 19.2 Å². The molecule has 0 saturated heterocycles. The number of fused-ring (bicyclic) bond motifs is 2. The van der Waals surface area contributed by atoms with Crippen LogP contribution in [0.1, 0.15) is 47.9 Å². The summed E-state index contributed by atoms with van der Waals surface area (Å²) in [6, 6.07) is 5.34. The topological polar surface area (TPSA) is 98.8 Å². The second-order valence-electron chi connectivity index (χ2n) is 7.62. The molecule has 1 aromatic carbocycles. The molecule has 0 aliphatic heterocycles. The normalized spacial score (nSPS) is 15.1. The van der Waals surface area contributed by atoms with Crippen molar-refractivity contribution in [1.82, 2.24) is 19.5 Å². The smallest absolute Gasteiger partial charge is 0.338 e. The van der Waals surface area contributed by atoms with E-state index >= 15 is 0 Å². The number of carbonyl (C=O) groups is 1. The number of halogens is 2. The molecule has 3 aromatic heterocycles. The maximum Gasteiger partial charge on any atom is 0.338 e. The number of nitrogens with two attached hydrogens (primary N) is 1. The largest absolute Gasteiger partial charge is 0.465 e. The summed E-state index contributed by atoms with van der Waals surface area (Å²) in [4.78, 5) is 23.9. The van der Waals surface area contributed by atoms with E-state index in [-0.39, 0.29) is 17.3 Å². The molecule has 0 unspecified atom stereocenters. The van der Waals surface area contributed by atoms with E-state index in [4.69, 9.17) is 10.5 Å². The Morgan fingerprint density at radius 3 is 2.67 bits per heavy atom. The fourth-order valence-electron chi connectivity index (χ4n) is 3.78. The van der Waals surface area contributed by atoms with E-state index in [1.54, 1.807) is 13.0 Å². The Kier molecular flexibility index (Phi) is 4.11. The Balaban J connectivity index is 1.73. The van der Waals surface area contributed by atoms with E-state index in [0.29, 0.717) is 33.6 Å². The number of aromatic amines is 1. The predicted molar refractivity (Wildman–Crippen MR) is 107 cm³/mol. The van der Waals surface area contributed by atoms with Gasteiger partial charge in [0.1, 0.15) is 22.8 Å². The third-order valence-corrected chi connectivity index (χ3v) is 5.33. The zero-order valence-corrected chi connectivity index (χ0v) is 16.4. The van der Waals surface area contributed by atoms with Crippen molar-refractivity contribution >= 4 is 28.0 Å². The minimum Gasteiger partial charge on any atom is -0.465 e. The van der Waals surface area contributed by atoms with Gasteiger partial charge in [-0.2, -0.15) is 0 Å². The number of methoxy groups -OCH3 is 1. The molecular formula is C21H19F2N5O2. The Morgan fingerprint density at radius 2 is 2.00 bits per heavy atom. The third kappa shape index (κ3) is 2.85. The Labute approximate surface area is 169 Å². The van der Waals surface area contributed by atoms with Crippen LogP contribution in [-0.2, 0) is 4.74 Å². The first-order chi connectivity index (χ1) is 14.4. The highest BCUT2D eigenvalue weighted by atomic mass is 19.1. The summed E-state index contributed by atoms with van der Waals surface area (Å²) in [6.07, 6.45) is 1.80. The highest BCUT2D eigenvalue weighted by Gasteiger charge is 2.31. The lowest BCUT2D eigenvalue weighted by Gasteiger charge is -2.07. The number of H-pyrrole nitrogens is 1. The Bertz CT molecular complexity index is 1320. The van der Waals surface area contributed by atoms with Gasteiger partial charge >= 0.3 is 5.97 Å². The van der Waals surface area contributed by atoms with Gasteiger partial charge in [0.05, 0.1) is 29.6 Å². The number of hydrogen-bond donors (Lipinski definition) is 2. The van der Waals surface area contributed by atoms with Crippen LogP contribution in [0, 0.1) is 11.6 Å². The van der Waals surface area contributed by atoms with Crippen LogP contribution in [0.15, 0.2) is 24.3 Å². The predicted octanol–water partition coefficient (Wildman–Crippen LogP) is 4.00. The number of imidazole rings is 1. The molecule has 0 bridgehead atoms. The lowest BCUT2D eigenvalue weighted by Crippen LogP contribution is -2.09. The SMILES string of the molecule is COC(=O)c1cc(F)c2c(c1)nc(-c1cc3cc(F)c([C@@H](C)N)nc3[nH]1)n2C1CC1. The summed E-state index contributed by atoms with van der Waals surface area (Å²) in [5, 5.41) is 0.567. The van der Waals surface area contributed by atoms with Crippen LogP contribution in [0.5, 0.6) is 0 Å². The summed E-state index contributed by atoms with van der Waals surface area (Å²) < 4.78 is 35.8. The minimum absolute atomic E-state index is 0.0939. The molecule has 5 rings (SSSR count). The molecule has 1 atom stereocenters. The van der Waals surface area contributed by atoms with Gasteiger partial charge < -0.3 is 20.0 Å². The maximum absolute atomic E-state index is 15.0. The molecule has 1 fully saturated rings. The van der Waals surface area contributed by atoms with Gasteiger partial charge in [0.2, 0.25) is 0 Å². The first kappa shape index (κ1) is 18.7. The fourth-order valence-corrected chi connectivity index (χ4v) is 3.78. The average Bonchev–Trinajstić information content (AvgIpc) is 3.34. The molecule has 0 amide bonds. The molecule has 1 aliphatic carbocycles. The van der Waals surface area contributed by atoms with Crippen LogP contribution in [0.25, 0.3) is 33.6 Å². The van der Waals surface area contributed by atoms with Gasteiger partial charge in [0, 0.05) is 17.5 Å². The average molecular weight is 411 g/mol.